The van der Waals surface area contributed by atoms with Gasteiger partial charge < -0.3 is 10.5 Å². The number of nitrogen functional groups attached to an aromatic ring is 1. The number of methoxy groups -OCH3 is 1. The van der Waals surface area contributed by atoms with Gasteiger partial charge in [0.25, 0.3) is 0 Å². The number of thiophene rings is 1. The lowest BCUT2D eigenvalue weighted by Gasteiger charge is -2.09. The van der Waals surface area contributed by atoms with Gasteiger partial charge in [0.05, 0.1) is 12.8 Å². The Morgan fingerprint density at radius 2 is 2.12 bits per heavy atom. The van der Waals surface area contributed by atoms with Crippen LogP contribution in [0.25, 0.3) is 11.1 Å². The van der Waals surface area contributed by atoms with Crippen LogP contribution in [0.1, 0.15) is 12.5 Å². The molecule has 0 bridgehead atoms. The van der Waals surface area contributed by atoms with E-state index in [1.54, 1.807) is 18.4 Å². The molecule has 0 fully saturated rings. The van der Waals surface area contributed by atoms with Crippen LogP contribution in [0.5, 0.6) is 5.75 Å². The molecule has 16 heavy (non-hydrogen) atoms. The Hall–Kier alpha value is -1.48. The summed E-state index contributed by atoms with van der Waals surface area (Å²) in [4.78, 5) is 0. The van der Waals surface area contributed by atoms with E-state index in [1.807, 2.05) is 11.4 Å². The summed E-state index contributed by atoms with van der Waals surface area (Å²) in [7, 11) is 1.70. The third-order valence-corrected chi connectivity index (χ3v) is 3.43. The Morgan fingerprint density at radius 1 is 1.31 bits per heavy atom. The average molecular weight is 233 g/mol. The molecule has 3 heteroatoms. The second kappa shape index (κ2) is 4.58. The highest BCUT2D eigenvalue weighted by atomic mass is 32.1. The molecule has 0 amide bonds. The molecule has 0 saturated heterocycles. The zero-order chi connectivity index (χ0) is 11.5. The minimum atomic E-state index is 0.845. The molecule has 0 aliphatic carbocycles. The molecular formula is C13H15NOS. The number of anilines is 1. The molecule has 0 aliphatic rings. The largest absolute Gasteiger partial charge is 0.496 e. The van der Waals surface area contributed by atoms with Crippen LogP contribution in [-0.4, -0.2) is 7.11 Å². The first-order valence-electron chi connectivity index (χ1n) is 5.25. The summed E-state index contributed by atoms with van der Waals surface area (Å²) < 4.78 is 5.31. The number of rotatable bonds is 3. The molecule has 84 valence electrons. The van der Waals surface area contributed by atoms with E-state index < -0.39 is 0 Å². The number of ether oxygens (including phenoxy) is 1. The number of benzene rings is 1. The van der Waals surface area contributed by atoms with Crippen molar-refractivity contribution in [3.8, 4) is 16.9 Å². The van der Waals surface area contributed by atoms with E-state index in [0.29, 0.717) is 0 Å². The summed E-state index contributed by atoms with van der Waals surface area (Å²) in [5, 5.41) is 4.04. The Balaban J connectivity index is 2.48. The van der Waals surface area contributed by atoms with Crippen molar-refractivity contribution >= 4 is 17.0 Å². The van der Waals surface area contributed by atoms with Crippen molar-refractivity contribution in [3.63, 3.8) is 0 Å². The van der Waals surface area contributed by atoms with Gasteiger partial charge in [-0.3, -0.25) is 0 Å². The lowest BCUT2D eigenvalue weighted by Crippen LogP contribution is -1.92. The number of aryl methyl sites for hydroxylation is 1. The fourth-order valence-corrected chi connectivity index (χ4v) is 2.51. The zero-order valence-corrected chi connectivity index (χ0v) is 10.3. The summed E-state index contributed by atoms with van der Waals surface area (Å²) in [6.45, 7) is 2.12. The summed E-state index contributed by atoms with van der Waals surface area (Å²) >= 11 is 1.63. The number of hydrogen-bond donors (Lipinski definition) is 1. The molecular weight excluding hydrogens is 218 g/mol. The molecule has 1 heterocycles. The maximum absolute atomic E-state index is 5.91. The minimum Gasteiger partial charge on any atom is -0.496 e. The zero-order valence-electron chi connectivity index (χ0n) is 9.49. The van der Waals surface area contributed by atoms with E-state index in [-0.39, 0.29) is 0 Å². The molecule has 0 spiro atoms. The Bertz CT molecular complexity index is 490. The van der Waals surface area contributed by atoms with Crippen molar-refractivity contribution in [2.24, 2.45) is 0 Å². The van der Waals surface area contributed by atoms with Gasteiger partial charge in [-0.25, -0.2) is 0 Å². The Kier molecular flexibility index (Phi) is 3.15. The Morgan fingerprint density at radius 3 is 2.69 bits per heavy atom. The quantitative estimate of drug-likeness (QED) is 0.879. The molecule has 2 nitrogen and oxygen atoms in total. The lowest BCUT2D eigenvalue weighted by atomic mass is 10.0. The summed E-state index contributed by atoms with van der Waals surface area (Å²) in [6, 6.07) is 6.21. The molecule has 0 atom stereocenters. The molecule has 1 aromatic heterocycles. The normalized spacial score (nSPS) is 10.4. The van der Waals surface area contributed by atoms with Crippen LogP contribution in [0.15, 0.2) is 29.0 Å². The summed E-state index contributed by atoms with van der Waals surface area (Å²) in [6.07, 6.45) is 0.959. The van der Waals surface area contributed by atoms with E-state index >= 15 is 0 Å². The maximum atomic E-state index is 5.91. The van der Waals surface area contributed by atoms with Crippen molar-refractivity contribution in [1.29, 1.82) is 0 Å². The van der Waals surface area contributed by atoms with Crippen LogP contribution in [0.4, 0.5) is 5.69 Å². The fourth-order valence-electron chi connectivity index (χ4n) is 1.76. The van der Waals surface area contributed by atoms with E-state index in [4.69, 9.17) is 10.5 Å². The third kappa shape index (κ3) is 1.91. The van der Waals surface area contributed by atoms with Crippen molar-refractivity contribution in [3.05, 3.63) is 34.5 Å². The molecule has 0 saturated carbocycles. The van der Waals surface area contributed by atoms with Gasteiger partial charge in [-0.05, 0) is 29.7 Å². The van der Waals surface area contributed by atoms with Gasteiger partial charge in [0.15, 0.2) is 0 Å². The highest BCUT2D eigenvalue weighted by Crippen LogP contribution is 2.32. The highest BCUT2D eigenvalue weighted by molar-refractivity contribution is 7.08. The molecule has 0 radical (unpaired) electrons. The van der Waals surface area contributed by atoms with Crippen molar-refractivity contribution in [2.45, 2.75) is 13.3 Å². The topological polar surface area (TPSA) is 35.2 Å². The van der Waals surface area contributed by atoms with Gasteiger partial charge >= 0.3 is 0 Å². The Labute approximate surface area is 99.7 Å². The maximum Gasteiger partial charge on any atom is 0.122 e. The predicted molar refractivity (Wildman–Crippen MR) is 70.1 cm³/mol. The predicted octanol–water partition coefficient (Wildman–Crippen LogP) is 3.57. The molecule has 0 aliphatic heterocycles. The van der Waals surface area contributed by atoms with Gasteiger partial charge in [-0.15, -0.1) is 11.3 Å². The lowest BCUT2D eigenvalue weighted by molar-refractivity contribution is 0.410. The fraction of sp³-hybridized carbons (Fsp3) is 0.231. The average Bonchev–Trinajstić information content (AvgIpc) is 2.74. The molecule has 2 aromatic rings. The van der Waals surface area contributed by atoms with Gasteiger partial charge in [-0.2, -0.15) is 0 Å². The van der Waals surface area contributed by atoms with Crippen LogP contribution in [0.2, 0.25) is 0 Å². The van der Waals surface area contributed by atoms with Crippen molar-refractivity contribution in [2.75, 3.05) is 12.8 Å². The van der Waals surface area contributed by atoms with E-state index in [2.05, 4.69) is 24.4 Å². The van der Waals surface area contributed by atoms with Gasteiger partial charge in [0.1, 0.15) is 5.75 Å². The van der Waals surface area contributed by atoms with Crippen molar-refractivity contribution < 1.29 is 4.74 Å². The smallest absolute Gasteiger partial charge is 0.122 e. The molecule has 2 N–H and O–H groups in total. The van der Waals surface area contributed by atoms with Crippen LogP contribution >= 0.6 is 11.3 Å². The summed E-state index contributed by atoms with van der Waals surface area (Å²) in [5.74, 6) is 0.944. The standard InChI is InChI=1S/C13H15NOS/c1-3-9-6-10(4-5-13(9)15-2)11-7-16-8-12(11)14/h4-8H,3,14H2,1-2H3. The number of hydrogen-bond acceptors (Lipinski definition) is 3. The van der Waals surface area contributed by atoms with E-state index in [1.165, 1.54) is 5.56 Å². The SMILES string of the molecule is CCc1cc(-c2cscc2N)ccc1OC. The second-order valence-electron chi connectivity index (χ2n) is 3.62. The monoisotopic (exact) mass is 233 g/mol. The van der Waals surface area contributed by atoms with Crippen molar-refractivity contribution in [1.82, 2.24) is 0 Å². The molecule has 1 aromatic carbocycles. The minimum absolute atomic E-state index is 0.845. The van der Waals surface area contributed by atoms with Gasteiger partial charge in [0, 0.05) is 16.3 Å². The van der Waals surface area contributed by atoms with Gasteiger partial charge in [0.2, 0.25) is 0 Å². The van der Waals surface area contributed by atoms with E-state index in [9.17, 15) is 0 Å². The molecule has 0 unspecified atom stereocenters. The van der Waals surface area contributed by atoms with Crippen LogP contribution in [0, 0.1) is 0 Å². The first kappa shape index (κ1) is 11.0. The van der Waals surface area contributed by atoms with Gasteiger partial charge in [-0.1, -0.05) is 13.0 Å². The van der Waals surface area contributed by atoms with Crippen LogP contribution in [-0.2, 0) is 6.42 Å². The first-order valence-corrected chi connectivity index (χ1v) is 6.19. The number of nitrogens with two attached hydrogens (primary N) is 1. The first-order chi connectivity index (χ1) is 7.76. The summed E-state index contributed by atoms with van der Waals surface area (Å²) in [5.41, 5.74) is 10.2. The van der Waals surface area contributed by atoms with E-state index in [0.717, 1.165) is 29.0 Å². The highest BCUT2D eigenvalue weighted by Gasteiger charge is 2.07. The third-order valence-electron chi connectivity index (χ3n) is 2.66. The molecule has 2 rings (SSSR count). The van der Waals surface area contributed by atoms with Crippen LogP contribution in [0.3, 0.4) is 0 Å². The van der Waals surface area contributed by atoms with Crippen LogP contribution < -0.4 is 10.5 Å². The second-order valence-corrected chi connectivity index (χ2v) is 4.36.